The fraction of sp³-hybridized carbons (Fsp3) is 0.278. The largest absolute Gasteiger partial charge is 0.313 e. The molecule has 112 valence electrons. The molecule has 0 atom stereocenters. The molecule has 1 aromatic carbocycles. The van der Waals surface area contributed by atoms with E-state index in [2.05, 4.69) is 59.5 Å². The average Bonchev–Trinajstić information content (AvgIpc) is 2.99. The van der Waals surface area contributed by atoms with Gasteiger partial charge in [0.1, 0.15) is 0 Å². The van der Waals surface area contributed by atoms with E-state index in [1.165, 1.54) is 34.5 Å². The topological polar surface area (TPSA) is 17.3 Å². The molecule has 1 aliphatic rings. The minimum atomic E-state index is 0.632. The van der Waals surface area contributed by atoms with Gasteiger partial charge in [-0.15, -0.1) is 22.7 Å². The van der Waals surface area contributed by atoms with Crippen LogP contribution in [0.3, 0.4) is 0 Å². The molecule has 2 heterocycles. The van der Waals surface area contributed by atoms with Crippen molar-refractivity contribution in [3.8, 4) is 10.6 Å². The minimum absolute atomic E-state index is 0.632. The fourth-order valence-corrected chi connectivity index (χ4v) is 4.61. The summed E-state index contributed by atoms with van der Waals surface area (Å²) in [6, 6.07) is 11.5. The lowest BCUT2D eigenvalue weighted by molar-refractivity contribution is 0.726. The van der Waals surface area contributed by atoms with Crippen LogP contribution in [0.1, 0.15) is 30.0 Å². The van der Waals surface area contributed by atoms with E-state index in [1.807, 2.05) is 0 Å². The molecule has 22 heavy (non-hydrogen) atoms. The summed E-state index contributed by atoms with van der Waals surface area (Å²) in [5.74, 6) is 0. The Morgan fingerprint density at radius 1 is 1.09 bits per heavy atom. The average molecular weight is 326 g/mol. The Hall–Kier alpha value is -1.65. The highest BCUT2D eigenvalue weighted by Crippen LogP contribution is 2.39. The van der Waals surface area contributed by atoms with E-state index in [0.29, 0.717) is 6.04 Å². The number of aryl methyl sites for hydroxylation is 2. The summed E-state index contributed by atoms with van der Waals surface area (Å²) in [6.45, 7) is 4.26. The third-order valence-electron chi connectivity index (χ3n) is 3.86. The Labute approximate surface area is 138 Å². The van der Waals surface area contributed by atoms with Gasteiger partial charge >= 0.3 is 0 Å². The van der Waals surface area contributed by atoms with Gasteiger partial charge in [0.2, 0.25) is 0 Å². The summed E-state index contributed by atoms with van der Waals surface area (Å²) in [5, 5.41) is 4.40. The Morgan fingerprint density at radius 2 is 1.86 bits per heavy atom. The summed E-state index contributed by atoms with van der Waals surface area (Å²) in [4.78, 5) is 7.40. The molecule has 0 saturated heterocycles. The van der Waals surface area contributed by atoms with Gasteiger partial charge in [-0.25, -0.2) is 4.99 Å². The van der Waals surface area contributed by atoms with Crippen molar-refractivity contribution in [2.24, 2.45) is 4.99 Å². The summed E-state index contributed by atoms with van der Waals surface area (Å²) < 4.78 is 2.44. The van der Waals surface area contributed by atoms with Crippen molar-refractivity contribution < 1.29 is 0 Å². The molecule has 0 amide bonds. The smallest absolute Gasteiger partial charge is 0.190 e. The Balaban J connectivity index is 1.87. The molecule has 2 nitrogen and oxygen atoms in total. The van der Waals surface area contributed by atoms with E-state index in [1.54, 1.807) is 22.7 Å². The predicted molar refractivity (Wildman–Crippen MR) is 95.0 cm³/mol. The first-order chi connectivity index (χ1) is 10.7. The molecule has 0 unspecified atom stereocenters. The van der Waals surface area contributed by atoms with Crippen molar-refractivity contribution in [3.05, 3.63) is 57.0 Å². The van der Waals surface area contributed by atoms with Crippen LogP contribution in [0, 0.1) is 13.8 Å². The van der Waals surface area contributed by atoms with Crippen molar-refractivity contribution in [2.45, 2.75) is 32.7 Å². The van der Waals surface area contributed by atoms with Crippen LogP contribution in [0.25, 0.3) is 10.6 Å². The quantitative estimate of drug-likeness (QED) is 0.608. The molecule has 1 aliphatic carbocycles. The summed E-state index contributed by atoms with van der Waals surface area (Å²) in [5.41, 5.74) is 4.93. The summed E-state index contributed by atoms with van der Waals surface area (Å²) in [7, 11) is 0. The molecular weight excluding hydrogens is 308 g/mol. The lowest BCUT2D eigenvalue weighted by Crippen LogP contribution is -2.14. The Kier molecular flexibility index (Phi) is 3.51. The van der Waals surface area contributed by atoms with Crippen molar-refractivity contribution in [2.75, 3.05) is 0 Å². The van der Waals surface area contributed by atoms with Crippen molar-refractivity contribution in [3.63, 3.8) is 0 Å². The second-order valence-corrected chi connectivity index (χ2v) is 7.72. The van der Waals surface area contributed by atoms with Crippen molar-refractivity contribution >= 4 is 28.4 Å². The Morgan fingerprint density at radius 3 is 2.50 bits per heavy atom. The van der Waals surface area contributed by atoms with Gasteiger partial charge in [-0.05, 0) is 61.4 Å². The van der Waals surface area contributed by atoms with Gasteiger partial charge in [0.25, 0.3) is 0 Å². The fourth-order valence-electron chi connectivity index (χ4n) is 2.82. The van der Waals surface area contributed by atoms with Gasteiger partial charge in [-0.2, -0.15) is 0 Å². The molecule has 0 spiro atoms. The highest BCUT2D eigenvalue weighted by molar-refractivity contribution is 7.14. The number of aromatic nitrogens is 1. The lowest BCUT2D eigenvalue weighted by atomic mass is 10.1. The van der Waals surface area contributed by atoms with Gasteiger partial charge < -0.3 is 4.57 Å². The highest BCUT2D eigenvalue weighted by Gasteiger charge is 2.27. The summed E-state index contributed by atoms with van der Waals surface area (Å²) in [6.07, 6.45) is 2.55. The van der Waals surface area contributed by atoms with Gasteiger partial charge in [-0.1, -0.05) is 12.1 Å². The van der Waals surface area contributed by atoms with Crippen LogP contribution in [0.5, 0.6) is 0 Å². The number of hydrogen-bond donors (Lipinski definition) is 0. The van der Waals surface area contributed by atoms with E-state index in [9.17, 15) is 0 Å². The molecule has 2 aromatic heterocycles. The molecule has 3 aromatic rings. The minimum Gasteiger partial charge on any atom is -0.313 e. The number of thiophene rings is 1. The third kappa shape index (κ3) is 2.69. The number of thiazole rings is 1. The number of rotatable bonds is 3. The van der Waals surface area contributed by atoms with Crippen LogP contribution in [0.2, 0.25) is 0 Å². The molecule has 1 saturated carbocycles. The predicted octanol–water partition coefficient (Wildman–Crippen LogP) is 5.46. The molecule has 0 N–H and O–H groups in total. The maximum atomic E-state index is 4.94. The maximum absolute atomic E-state index is 4.94. The zero-order chi connectivity index (χ0) is 15.1. The second-order valence-electron chi connectivity index (χ2n) is 5.94. The standard InChI is InChI=1S/C18H18N2S2/c1-12-8-13(2)10-14(9-12)19-18-20(15-5-6-15)16(11-22-18)17-4-3-7-21-17/h3-4,7-11,15H,5-6H2,1-2H3. The molecule has 0 radical (unpaired) electrons. The first-order valence-electron chi connectivity index (χ1n) is 7.57. The normalized spacial score (nSPS) is 15.5. The molecular formula is C18H18N2S2. The molecule has 4 heteroatoms. The van der Waals surface area contributed by atoms with E-state index < -0.39 is 0 Å². The van der Waals surface area contributed by atoms with Crippen LogP contribution >= 0.6 is 22.7 Å². The molecule has 0 bridgehead atoms. The Bertz CT molecular complexity index is 845. The zero-order valence-electron chi connectivity index (χ0n) is 12.7. The third-order valence-corrected chi connectivity index (χ3v) is 5.59. The molecule has 1 fully saturated rings. The van der Waals surface area contributed by atoms with Gasteiger partial charge in [0, 0.05) is 11.4 Å². The molecule has 0 aliphatic heterocycles. The van der Waals surface area contributed by atoms with Crippen LogP contribution < -0.4 is 4.80 Å². The lowest BCUT2D eigenvalue weighted by Gasteiger charge is -2.06. The highest BCUT2D eigenvalue weighted by atomic mass is 32.1. The first-order valence-corrected chi connectivity index (χ1v) is 9.33. The van der Waals surface area contributed by atoms with E-state index >= 15 is 0 Å². The number of benzene rings is 1. The second kappa shape index (κ2) is 5.52. The van der Waals surface area contributed by atoms with Gasteiger partial charge in [0.15, 0.2) is 4.80 Å². The SMILES string of the molecule is Cc1cc(C)cc(N=c2scc(-c3cccs3)n2C2CC2)c1. The van der Waals surface area contributed by atoms with Crippen LogP contribution in [-0.2, 0) is 0 Å². The maximum Gasteiger partial charge on any atom is 0.190 e. The van der Waals surface area contributed by atoms with Gasteiger partial charge in [-0.3, -0.25) is 0 Å². The summed E-state index contributed by atoms with van der Waals surface area (Å²) >= 11 is 3.56. The van der Waals surface area contributed by atoms with Crippen molar-refractivity contribution in [1.29, 1.82) is 0 Å². The number of nitrogens with zero attached hydrogens (tertiary/aromatic N) is 2. The first kappa shape index (κ1) is 14.0. The van der Waals surface area contributed by atoms with E-state index in [0.717, 1.165) is 10.5 Å². The van der Waals surface area contributed by atoms with Crippen LogP contribution in [0.4, 0.5) is 5.69 Å². The zero-order valence-corrected chi connectivity index (χ0v) is 14.4. The van der Waals surface area contributed by atoms with E-state index in [4.69, 9.17) is 4.99 Å². The molecule has 4 rings (SSSR count). The van der Waals surface area contributed by atoms with Crippen LogP contribution in [0.15, 0.2) is 46.1 Å². The van der Waals surface area contributed by atoms with Crippen LogP contribution in [-0.4, -0.2) is 4.57 Å². The monoisotopic (exact) mass is 326 g/mol. The number of hydrogen-bond acceptors (Lipinski definition) is 3. The van der Waals surface area contributed by atoms with E-state index in [-0.39, 0.29) is 0 Å². The van der Waals surface area contributed by atoms with Gasteiger partial charge in [0.05, 0.1) is 16.3 Å². The van der Waals surface area contributed by atoms with Crippen molar-refractivity contribution in [1.82, 2.24) is 4.57 Å².